The minimum absolute atomic E-state index is 0.156. The number of alkyl halides is 3. The standard InChI is InChI=1S/C27H34F3N7O2/c1-17(38)33(3)24-8-31-37(16-24)26(39)35-12-19-10-34(11-20(19)13-35)9-18-4-5-21(7-25(18)27(28,29)30)36-15-22-6-23(36)14-32(22)2/h4-5,7-8,16,19-20,22-23H,6,9-15H2,1-3H3/t19?,20?,22?,23-/m0/s1. The highest BCUT2D eigenvalue weighted by Gasteiger charge is 2.44. The molecule has 2 aromatic rings. The number of carbonyl (C=O) groups is 2. The van der Waals surface area contributed by atoms with Gasteiger partial charge in [0, 0.05) is 77.6 Å². The number of amides is 2. The molecule has 0 saturated carbocycles. The molecule has 3 unspecified atom stereocenters. The van der Waals surface area contributed by atoms with Gasteiger partial charge in [0.25, 0.3) is 0 Å². The molecule has 4 saturated heterocycles. The minimum Gasteiger partial charge on any atom is -0.366 e. The maximum Gasteiger partial charge on any atom is 0.416 e. The number of nitrogens with zero attached hydrogens (tertiary/aromatic N) is 7. The van der Waals surface area contributed by atoms with Crippen molar-refractivity contribution in [1.82, 2.24) is 24.5 Å². The summed E-state index contributed by atoms with van der Waals surface area (Å²) in [5, 5.41) is 4.12. The maximum absolute atomic E-state index is 14.1. The van der Waals surface area contributed by atoms with Crippen molar-refractivity contribution in [3.05, 3.63) is 41.7 Å². The van der Waals surface area contributed by atoms with E-state index in [1.165, 1.54) is 35.0 Å². The normalized spacial score (nSPS) is 27.0. The second kappa shape index (κ2) is 9.51. The molecule has 0 N–H and O–H groups in total. The molecule has 4 fully saturated rings. The van der Waals surface area contributed by atoms with Gasteiger partial charge in [0.05, 0.1) is 23.6 Å². The van der Waals surface area contributed by atoms with Crippen LogP contribution < -0.4 is 9.80 Å². The van der Waals surface area contributed by atoms with Crippen LogP contribution in [-0.2, 0) is 17.5 Å². The zero-order valence-corrected chi connectivity index (χ0v) is 22.4. The van der Waals surface area contributed by atoms with Crippen LogP contribution in [0.25, 0.3) is 0 Å². The number of rotatable bonds is 4. The summed E-state index contributed by atoms with van der Waals surface area (Å²) in [5.74, 6) is 0.251. The fourth-order valence-electron chi connectivity index (χ4n) is 6.86. The van der Waals surface area contributed by atoms with E-state index >= 15 is 0 Å². The lowest BCUT2D eigenvalue weighted by molar-refractivity contribution is -0.138. The molecule has 12 heteroatoms. The van der Waals surface area contributed by atoms with E-state index in [2.05, 4.69) is 26.8 Å². The highest BCUT2D eigenvalue weighted by molar-refractivity contribution is 5.91. The molecule has 4 aliphatic rings. The Morgan fingerprint density at radius 1 is 1.05 bits per heavy atom. The largest absolute Gasteiger partial charge is 0.416 e. The van der Waals surface area contributed by atoms with E-state index < -0.39 is 11.7 Å². The number of fused-ring (bicyclic) bond motifs is 3. The fraction of sp³-hybridized carbons (Fsp3) is 0.593. The molecule has 39 heavy (non-hydrogen) atoms. The van der Waals surface area contributed by atoms with Gasteiger partial charge in [0.15, 0.2) is 0 Å². The Morgan fingerprint density at radius 2 is 1.77 bits per heavy atom. The third-order valence-electron chi connectivity index (χ3n) is 9.10. The van der Waals surface area contributed by atoms with Crippen molar-refractivity contribution in [2.75, 3.05) is 63.2 Å². The lowest BCUT2D eigenvalue weighted by atomic mass is 10.0. The predicted molar refractivity (Wildman–Crippen MR) is 140 cm³/mol. The molecule has 4 atom stereocenters. The molecule has 0 aliphatic carbocycles. The van der Waals surface area contributed by atoms with Gasteiger partial charge in [-0.15, -0.1) is 0 Å². The van der Waals surface area contributed by atoms with Crippen LogP contribution in [-0.4, -0.2) is 102 Å². The first-order valence-corrected chi connectivity index (χ1v) is 13.5. The highest BCUT2D eigenvalue weighted by Crippen LogP contribution is 2.40. The summed E-state index contributed by atoms with van der Waals surface area (Å²) in [5.41, 5.74) is 0.960. The zero-order valence-electron chi connectivity index (χ0n) is 22.4. The van der Waals surface area contributed by atoms with Gasteiger partial charge < -0.3 is 14.7 Å². The topological polar surface area (TPSA) is 68.2 Å². The number of piperazine rings is 1. The minimum atomic E-state index is -4.42. The monoisotopic (exact) mass is 545 g/mol. The number of likely N-dealkylation sites (tertiary alicyclic amines) is 3. The SMILES string of the molecule is CC(=O)N(C)c1cnn(C(=O)N2CC3CN(Cc4ccc(N5CC6C[C@H]5CN6C)cc4C(F)(F)F)CC3C2)c1. The summed E-state index contributed by atoms with van der Waals surface area (Å²) in [6.07, 6.45) is -0.391. The summed E-state index contributed by atoms with van der Waals surface area (Å²) in [4.78, 5) is 34.3. The van der Waals surface area contributed by atoms with Gasteiger partial charge in [0.2, 0.25) is 5.91 Å². The molecule has 0 spiro atoms. The van der Waals surface area contributed by atoms with Gasteiger partial charge in [-0.1, -0.05) is 6.07 Å². The summed E-state index contributed by atoms with van der Waals surface area (Å²) < 4.78 is 43.7. The Labute approximate surface area is 225 Å². The molecule has 5 heterocycles. The summed E-state index contributed by atoms with van der Waals surface area (Å²) in [7, 11) is 3.70. The molecular formula is C27H34F3N7O2. The number of benzene rings is 1. The van der Waals surface area contributed by atoms with Gasteiger partial charge in [-0.2, -0.15) is 23.0 Å². The molecule has 210 valence electrons. The lowest BCUT2D eigenvalue weighted by Gasteiger charge is -2.34. The van der Waals surface area contributed by atoms with Crippen LogP contribution >= 0.6 is 0 Å². The Bertz CT molecular complexity index is 1260. The van der Waals surface area contributed by atoms with E-state index in [0.29, 0.717) is 49.2 Å². The van der Waals surface area contributed by atoms with Crippen LogP contribution in [0.5, 0.6) is 0 Å². The van der Waals surface area contributed by atoms with Crippen molar-refractivity contribution in [2.24, 2.45) is 11.8 Å². The second-order valence-electron chi connectivity index (χ2n) is 11.6. The van der Waals surface area contributed by atoms with E-state index in [-0.39, 0.29) is 36.4 Å². The van der Waals surface area contributed by atoms with E-state index in [1.807, 2.05) is 6.07 Å². The lowest BCUT2D eigenvalue weighted by Crippen LogP contribution is -2.44. The molecule has 2 bridgehead atoms. The number of aromatic nitrogens is 2. The molecule has 4 aliphatic heterocycles. The fourth-order valence-corrected chi connectivity index (χ4v) is 6.86. The van der Waals surface area contributed by atoms with Crippen LogP contribution in [0.15, 0.2) is 30.6 Å². The summed E-state index contributed by atoms with van der Waals surface area (Å²) >= 11 is 0. The molecule has 2 amide bonds. The molecule has 0 radical (unpaired) electrons. The Hall–Kier alpha value is -3.12. The predicted octanol–water partition coefficient (Wildman–Crippen LogP) is 2.81. The maximum atomic E-state index is 14.1. The molecule has 9 nitrogen and oxygen atoms in total. The molecule has 1 aromatic heterocycles. The van der Waals surface area contributed by atoms with Crippen molar-refractivity contribution >= 4 is 23.3 Å². The molecular weight excluding hydrogens is 511 g/mol. The van der Waals surface area contributed by atoms with Gasteiger partial charge in [-0.25, -0.2) is 4.79 Å². The average molecular weight is 546 g/mol. The van der Waals surface area contributed by atoms with Gasteiger partial charge in [-0.3, -0.25) is 14.6 Å². The van der Waals surface area contributed by atoms with Crippen molar-refractivity contribution in [1.29, 1.82) is 0 Å². The number of halogens is 3. The Kier molecular flexibility index (Phi) is 6.37. The number of hydrogen-bond donors (Lipinski definition) is 0. The van der Waals surface area contributed by atoms with Crippen molar-refractivity contribution in [2.45, 2.75) is 38.1 Å². The van der Waals surface area contributed by atoms with Crippen LogP contribution in [0.4, 0.5) is 29.3 Å². The van der Waals surface area contributed by atoms with Crippen molar-refractivity contribution < 1.29 is 22.8 Å². The van der Waals surface area contributed by atoms with Crippen LogP contribution in [0.1, 0.15) is 24.5 Å². The van der Waals surface area contributed by atoms with Crippen LogP contribution in [0.3, 0.4) is 0 Å². The summed E-state index contributed by atoms with van der Waals surface area (Å²) in [6, 6.07) is 5.29. The van der Waals surface area contributed by atoms with Crippen molar-refractivity contribution in [3.63, 3.8) is 0 Å². The first-order chi connectivity index (χ1) is 18.5. The first-order valence-electron chi connectivity index (χ1n) is 13.5. The van der Waals surface area contributed by atoms with E-state index in [4.69, 9.17) is 0 Å². The van der Waals surface area contributed by atoms with Crippen molar-refractivity contribution in [3.8, 4) is 0 Å². The quantitative estimate of drug-likeness (QED) is 0.589. The third-order valence-corrected chi connectivity index (χ3v) is 9.10. The van der Waals surface area contributed by atoms with Gasteiger partial charge in [-0.05, 0) is 43.0 Å². The van der Waals surface area contributed by atoms with Gasteiger partial charge in [0.1, 0.15) is 0 Å². The number of hydrogen-bond acceptors (Lipinski definition) is 6. The Morgan fingerprint density at radius 3 is 2.36 bits per heavy atom. The second-order valence-corrected chi connectivity index (χ2v) is 11.6. The molecule has 6 rings (SSSR count). The highest BCUT2D eigenvalue weighted by atomic mass is 19.4. The molecule has 1 aromatic carbocycles. The van der Waals surface area contributed by atoms with Crippen LogP contribution in [0.2, 0.25) is 0 Å². The zero-order chi connectivity index (χ0) is 27.6. The Balaban J connectivity index is 1.10. The first kappa shape index (κ1) is 26.1. The number of likely N-dealkylation sites (N-methyl/N-ethyl adjacent to an activating group) is 1. The third kappa shape index (κ3) is 4.77. The number of carbonyl (C=O) groups excluding carboxylic acids is 2. The van der Waals surface area contributed by atoms with E-state index in [0.717, 1.165) is 19.5 Å². The van der Waals surface area contributed by atoms with Gasteiger partial charge >= 0.3 is 12.2 Å². The number of anilines is 2. The van der Waals surface area contributed by atoms with E-state index in [9.17, 15) is 22.8 Å². The smallest absolute Gasteiger partial charge is 0.366 e. The van der Waals surface area contributed by atoms with E-state index in [1.54, 1.807) is 18.0 Å². The van der Waals surface area contributed by atoms with Crippen LogP contribution in [0, 0.1) is 11.8 Å². The average Bonchev–Trinajstić information content (AvgIpc) is 3.68. The summed E-state index contributed by atoms with van der Waals surface area (Å²) in [6.45, 7) is 5.71.